The highest BCUT2D eigenvalue weighted by molar-refractivity contribution is 5.42. The van der Waals surface area contributed by atoms with Gasteiger partial charge in [-0.15, -0.1) is 0 Å². The van der Waals surface area contributed by atoms with Gasteiger partial charge in [-0.25, -0.2) is 0 Å². The van der Waals surface area contributed by atoms with Crippen LogP contribution in [-0.4, -0.2) is 18.3 Å². The van der Waals surface area contributed by atoms with Crippen LogP contribution in [0.15, 0.2) is 30.3 Å². The first-order valence-electron chi connectivity index (χ1n) is 4.83. The van der Waals surface area contributed by atoms with Crippen LogP contribution in [-0.2, 0) is 0 Å². The lowest BCUT2D eigenvalue weighted by atomic mass is 10.2. The minimum atomic E-state index is 0.311. The quantitative estimate of drug-likeness (QED) is 0.656. The van der Waals surface area contributed by atoms with Crippen LogP contribution in [0.5, 0.6) is 0 Å². The molecule has 1 aromatic rings. The molecule has 2 heteroatoms. The second-order valence-electron chi connectivity index (χ2n) is 3.08. The van der Waals surface area contributed by atoms with Gasteiger partial charge in [0, 0.05) is 18.8 Å². The summed E-state index contributed by atoms with van der Waals surface area (Å²) >= 11 is 0. The number of benzene rings is 1. The lowest BCUT2D eigenvalue weighted by molar-refractivity contribution is 0.283. The molecule has 2 nitrogen and oxygen atoms in total. The predicted octanol–water partition coefficient (Wildman–Crippen LogP) is 2.26. The van der Waals surface area contributed by atoms with Crippen molar-refractivity contribution in [2.75, 3.05) is 18.5 Å². The van der Waals surface area contributed by atoms with E-state index in [1.807, 2.05) is 18.2 Å². The highest BCUT2D eigenvalue weighted by Crippen LogP contribution is 2.05. The lowest BCUT2D eigenvalue weighted by Crippen LogP contribution is -2.01. The fourth-order valence-electron chi connectivity index (χ4n) is 1.20. The molecule has 0 saturated carbocycles. The number of nitrogens with one attached hydrogen (secondary N) is 1. The van der Waals surface area contributed by atoms with E-state index in [2.05, 4.69) is 17.4 Å². The molecule has 0 aliphatic rings. The second kappa shape index (κ2) is 6.49. The molecule has 0 radical (unpaired) electrons. The number of para-hydroxylation sites is 1. The van der Waals surface area contributed by atoms with Crippen molar-refractivity contribution >= 4 is 5.69 Å². The molecule has 0 fully saturated rings. The Bertz CT molecular complexity index is 211. The highest BCUT2D eigenvalue weighted by atomic mass is 16.2. The lowest BCUT2D eigenvalue weighted by Gasteiger charge is -2.04. The summed E-state index contributed by atoms with van der Waals surface area (Å²) in [6.45, 7) is 1.30. The second-order valence-corrected chi connectivity index (χ2v) is 3.08. The van der Waals surface area contributed by atoms with E-state index in [0.717, 1.165) is 25.8 Å². The Morgan fingerprint density at radius 1 is 1.00 bits per heavy atom. The number of hydrogen-bond donors (Lipinski definition) is 2. The van der Waals surface area contributed by atoms with Gasteiger partial charge in [0.05, 0.1) is 0 Å². The zero-order chi connectivity index (χ0) is 9.36. The topological polar surface area (TPSA) is 32.3 Å². The van der Waals surface area contributed by atoms with Crippen molar-refractivity contribution in [3.05, 3.63) is 30.3 Å². The van der Waals surface area contributed by atoms with Gasteiger partial charge in [-0.2, -0.15) is 0 Å². The first kappa shape index (κ1) is 10.1. The van der Waals surface area contributed by atoms with Crippen LogP contribution in [0.25, 0.3) is 0 Å². The molecule has 1 aromatic carbocycles. The molecule has 13 heavy (non-hydrogen) atoms. The van der Waals surface area contributed by atoms with Gasteiger partial charge >= 0.3 is 0 Å². The van der Waals surface area contributed by atoms with E-state index in [9.17, 15) is 0 Å². The van der Waals surface area contributed by atoms with E-state index in [1.165, 1.54) is 5.69 Å². The number of anilines is 1. The third-order valence-corrected chi connectivity index (χ3v) is 1.94. The molecule has 0 unspecified atom stereocenters. The SMILES string of the molecule is OCCCCCNc1ccccc1. The van der Waals surface area contributed by atoms with Crippen LogP contribution in [0.1, 0.15) is 19.3 Å². The van der Waals surface area contributed by atoms with E-state index < -0.39 is 0 Å². The summed E-state index contributed by atoms with van der Waals surface area (Å²) in [5, 5.41) is 11.9. The monoisotopic (exact) mass is 179 g/mol. The van der Waals surface area contributed by atoms with Crippen LogP contribution in [0.3, 0.4) is 0 Å². The maximum absolute atomic E-state index is 8.56. The summed E-state index contributed by atoms with van der Waals surface area (Å²) in [5.41, 5.74) is 1.17. The molecule has 0 bridgehead atoms. The van der Waals surface area contributed by atoms with Crippen LogP contribution in [0, 0.1) is 0 Å². The van der Waals surface area contributed by atoms with Crippen molar-refractivity contribution in [1.82, 2.24) is 0 Å². The first-order valence-corrected chi connectivity index (χ1v) is 4.83. The number of rotatable bonds is 6. The molecule has 0 aliphatic carbocycles. The molecule has 0 heterocycles. The molecular formula is C11H17NO. The molecule has 0 atom stereocenters. The van der Waals surface area contributed by atoms with E-state index in [1.54, 1.807) is 0 Å². The van der Waals surface area contributed by atoms with E-state index in [-0.39, 0.29) is 0 Å². The van der Waals surface area contributed by atoms with E-state index >= 15 is 0 Å². The normalized spacial score (nSPS) is 9.92. The average Bonchev–Trinajstić information content (AvgIpc) is 2.19. The standard InChI is InChI=1S/C11H17NO/c13-10-6-2-5-9-12-11-7-3-1-4-8-11/h1,3-4,7-8,12-13H,2,5-6,9-10H2. The molecule has 0 saturated heterocycles. The van der Waals surface area contributed by atoms with Gasteiger partial charge in [-0.1, -0.05) is 18.2 Å². The van der Waals surface area contributed by atoms with Crippen molar-refractivity contribution < 1.29 is 5.11 Å². The Morgan fingerprint density at radius 2 is 1.77 bits per heavy atom. The van der Waals surface area contributed by atoms with Gasteiger partial charge in [0.1, 0.15) is 0 Å². The van der Waals surface area contributed by atoms with Gasteiger partial charge in [0.2, 0.25) is 0 Å². The summed E-state index contributed by atoms with van der Waals surface area (Å²) in [7, 11) is 0. The Balaban J connectivity index is 2.07. The summed E-state index contributed by atoms with van der Waals surface area (Å²) in [4.78, 5) is 0. The summed E-state index contributed by atoms with van der Waals surface area (Å²) in [6, 6.07) is 10.2. The Kier molecular flexibility index (Phi) is 5.02. The summed E-state index contributed by atoms with van der Waals surface area (Å²) < 4.78 is 0. The van der Waals surface area contributed by atoms with Gasteiger partial charge < -0.3 is 10.4 Å². The Morgan fingerprint density at radius 3 is 2.46 bits per heavy atom. The van der Waals surface area contributed by atoms with Crippen LogP contribution in [0.4, 0.5) is 5.69 Å². The number of aliphatic hydroxyl groups is 1. The van der Waals surface area contributed by atoms with Crippen molar-refractivity contribution in [2.24, 2.45) is 0 Å². The highest BCUT2D eigenvalue weighted by Gasteiger charge is 1.89. The zero-order valence-corrected chi connectivity index (χ0v) is 7.87. The van der Waals surface area contributed by atoms with Crippen molar-refractivity contribution in [3.63, 3.8) is 0 Å². The third kappa shape index (κ3) is 4.53. The average molecular weight is 179 g/mol. The largest absolute Gasteiger partial charge is 0.396 e. The Hall–Kier alpha value is -1.02. The summed E-state index contributed by atoms with van der Waals surface area (Å²) in [5.74, 6) is 0. The van der Waals surface area contributed by atoms with Crippen LogP contribution < -0.4 is 5.32 Å². The molecule has 0 spiro atoms. The van der Waals surface area contributed by atoms with Crippen molar-refractivity contribution in [2.45, 2.75) is 19.3 Å². The van der Waals surface area contributed by atoms with Gasteiger partial charge in [0.25, 0.3) is 0 Å². The fourth-order valence-corrected chi connectivity index (χ4v) is 1.20. The third-order valence-electron chi connectivity index (χ3n) is 1.94. The molecule has 72 valence electrons. The van der Waals surface area contributed by atoms with E-state index in [0.29, 0.717) is 6.61 Å². The molecule has 1 rings (SSSR count). The minimum Gasteiger partial charge on any atom is -0.396 e. The Labute approximate surface area is 79.6 Å². The molecular weight excluding hydrogens is 162 g/mol. The van der Waals surface area contributed by atoms with Gasteiger partial charge in [-0.3, -0.25) is 0 Å². The van der Waals surface area contributed by atoms with Crippen LogP contribution >= 0.6 is 0 Å². The maximum atomic E-state index is 8.56. The van der Waals surface area contributed by atoms with Crippen LogP contribution in [0.2, 0.25) is 0 Å². The molecule has 2 N–H and O–H groups in total. The minimum absolute atomic E-state index is 0.311. The molecule has 0 aliphatic heterocycles. The molecule has 0 amide bonds. The van der Waals surface area contributed by atoms with Crippen molar-refractivity contribution in [1.29, 1.82) is 0 Å². The van der Waals surface area contributed by atoms with Crippen molar-refractivity contribution in [3.8, 4) is 0 Å². The fraction of sp³-hybridized carbons (Fsp3) is 0.455. The van der Waals surface area contributed by atoms with Gasteiger partial charge in [0.15, 0.2) is 0 Å². The zero-order valence-electron chi connectivity index (χ0n) is 7.87. The smallest absolute Gasteiger partial charge is 0.0431 e. The number of aliphatic hydroxyl groups excluding tert-OH is 1. The molecule has 0 aromatic heterocycles. The summed E-state index contributed by atoms with van der Waals surface area (Å²) in [6.07, 6.45) is 3.13. The predicted molar refractivity (Wildman–Crippen MR) is 55.9 cm³/mol. The maximum Gasteiger partial charge on any atom is 0.0431 e. The van der Waals surface area contributed by atoms with Gasteiger partial charge in [-0.05, 0) is 31.4 Å². The number of unbranched alkanes of at least 4 members (excludes halogenated alkanes) is 2. The number of hydrogen-bond acceptors (Lipinski definition) is 2. The first-order chi connectivity index (χ1) is 6.43. The van der Waals surface area contributed by atoms with E-state index in [4.69, 9.17) is 5.11 Å².